The minimum Gasteiger partial charge on any atom is -0.479 e. The standard InChI is InChI=1S/C9H6ClN3O2/c10-6-1-3-7(4-2-6)12-13-8(5-11)9(14)15/h1-4,8H,(H,14,15)/b13-12+. The summed E-state index contributed by atoms with van der Waals surface area (Å²) in [5.74, 6) is -1.32. The molecule has 0 amide bonds. The number of halogens is 1. The summed E-state index contributed by atoms with van der Waals surface area (Å²) in [4.78, 5) is 10.4. The maximum Gasteiger partial charge on any atom is 0.345 e. The van der Waals surface area contributed by atoms with Crippen LogP contribution in [0.1, 0.15) is 0 Å². The summed E-state index contributed by atoms with van der Waals surface area (Å²) in [6.07, 6.45) is 0. The smallest absolute Gasteiger partial charge is 0.345 e. The van der Waals surface area contributed by atoms with Crippen LogP contribution in [0.25, 0.3) is 0 Å². The first-order chi connectivity index (χ1) is 7.13. The predicted octanol–water partition coefficient (Wildman–Crippen LogP) is 2.40. The van der Waals surface area contributed by atoms with E-state index in [4.69, 9.17) is 22.0 Å². The Morgan fingerprint density at radius 3 is 2.53 bits per heavy atom. The normalized spacial score (nSPS) is 12.3. The molecule has 0 saturated carbocycles. The first-order valence-electron chi connectivity index (χ1n) is 3.92. The molecule has 1 N–H and O–H groups in total. The van der Waals surface area contributed by atoms with Crippen LogP contribution in [0.3, 0.4) is 0 Å². The van der Waals surface area contributed by atoms with Gasteiger partial charge in [-0.2, -0.15) is 15.5 Å². The Kier molecular flexibility index (Phi) is 3.77. The SMILES string of the molecule is N#CC(/N=N/c1ccc(Cl)cc1)C(=O)O. The molecule has 0 aliphatic heterocycles. The zero-order valence-corrected chi connectivity index (χ0v) is 8.22. The van der Waals surface area contributed by atoms with Crippen molar-refractivity contribution in [3.8, 4) is 6.07 Å². The lowest BCUT2D eigenvalue weighted by molar-refractivity contribution is -0.137. The molecule has 0 saturated heterocycles. The van der Waals surface area contributed by atoms with E-state index in [1.165, 1.54) is 6.07 Å². The quantitative estimate of drug-likeness (QED) is 0.799. The minimum absolute atomic E-state index is 0.445. The molecule has 0 aromatic heterocycles. The lowest BCUT2D eigenvalue weighted by Crippen LogP contribution is -2.14. The number of nitrogens with zero attached hydrogens (tertiary/aromatic N) is 3. The molecule has 0 radical (unpaired) electrons. The zero-order chi connectivity index (χ0) is 11.3. The van der Waals surface area contributed by atoms with Crippen molar-refractivity contribution in [2.75, 3.05) is 0 Å². The third-order valence-corrected chi connectivity index (χ3v) is 1.72. The van der Waals surface area contributed by atoms with E-state index in [9.17, 15) is 4.79 Å². The number of hydrogen-bond acceptors (Lipinski definition) is 4. The number of carboxylic acid groups (broad SMARTS) is 1. The molecule has 0 bridgehead atoms. The molecule has 76 valence electrons. The number of hydrogen-bond donors (Lipinski definition) is 1. The maximum absolute atomic E-state index is 10.4. The van der Waals surface area contributed by atoms with Crippen LogP contribution in [-0.4, -0.2) is 17.1 Å². The van der Waals surface area contributed by atoms with E-state index in [0.717, 1.165) is 0 Å². The maximum atomic E-state index is 10.4. The molecule has 6 heteroatoms. The third-order valence-electron chi connectivity index (χ3n) is 1.47. The minimum atomic E-state index is -1.47. The molecular formula is C9H6ClN3O2. The number of carbonyl (C=O) groups is 1. The second kappa shape index (κ2) is 5.08. The van der Waals surface area contributed by atoms with Crippen molar-refractivity contribution in [1.29, 1.82) is 5.26 Å². The van der Waals surface area contributed by atoms with Crippen LogP contribution < -0.4 is 0 Å². The van der Waals surface area contributed by atoms with Crippen molar-refractivity contribution in [1.82, 2.24) is 0 Å². The summed E-state index contributed by atoms with van der Waals surface area (Å²) in [7, 11) is 0. The summed E-state index contributed by atoms with van der Waals surface area (Å²) in [5.41, 5.74) is 0.445. The van der Waals surface area contributed by atoms with Gasteiger partial charge in [0.2, 0.25) is 0 Å². The van der Waals surface area contributed by atoms with Gasteiger partial charge in [0.25, 0.3) is 6.04 Å². The Balaban J connectivity index is 2.77. The summed E-state index contributed by atoms with van der Waals surface area (Å²) >= 11 is 5.63. The van der Waals surface area contributed by atoms with Crippen molar-refractivity contribution in [3.05, 3.63) is 29.3 Å². The van der Waals surface area contributed by atoms with Crippen LogP contribution in [0.4, 0.5) is 5.69 Å². The number of benzene rings is 1. The Morgan fingerprint density at radius 1 is 1.47 bits per heavy atom. The van der Waals surface area contributed by atoms with Crippen molar-refractivity contribution in [2.45, 2.75) is 6.04 Å². The Morgan fingerprint density at radius 2 is 2.07 bits per heavy atom. The first-order valence-corrected chi connectivity index (χ1v) is 4.30. The number of nitriles is 1. The monoisotopic (exact) mass is 223 g/mol. The Bertz CT molecular complexity index is 422. The number of rotatable bonds is 3. The van der Waals surface area contributed by atoms with E-state index in [1.54, 1.807) is 24.3 Å². The second-order valence-electron chi connectivity index (χ2n) is 2.56. The number of azo groups is 1. The number of aliphatic carboxylic acids is 1. The van der Waals surface area contributed by atoms with Crippen LogP contribution in [0.15, 0.2) is 34.5 Å². The third kappa shape index (κ3) is 3.37. The van der Waals surface area contributed by atoms with Gasteiger partial charge in [-0.3, -0.25) is 0 Å². The Labute approximate surface area is 90.6 Å². The highest BCUT2D eigenvalue weighted by Crippen LogP contribution is 2.16. The average Bonchev–Trinajstić information content (AvgIpc) is 2.21. The lowest BCUT2D eigenvalue weighted by Gasteiger charge is -1.94. The fourth-order valence-electron chi connectivity index (χ4n) is 0.763. The van der Waals surface area contributed by atoms with Gasteiger partial charge >= 0.3 is 5.97 Å². The molecule has 0 fully saturated rings. The average molecular weight is 224 g/mol. The van der Waals surface area contributed by atoms with Crippen LogP contribution in [0.5, 0.6) is 0 Å². The van der Waals surface area contributed by atoms with Crippen molar-refractivity contribution in [2.24, 2.45) is 10.2 Å². The summed E-state index contributed by atoms with van der Waals surface area (Å²) in [5, 5.41) is 24.4. The van der Waals surface area contributed by atoms with E-state index < -0.39 is 12.0 Å². The van der Waals surface area contributed by atoms with E-state index >= 15 is 0 Å². The highest BCUT2D eigenvalue weighted by molar-refractivity contribution is 6.30. The highest BCUT2D eigenvalue weighted by Gasteiger charge is 2.14. The largest absolute Gasteiger partial charge is 0.479 e. The fraction of sp³-hybridized carbons (Fsp3) is 0.111. The van der Waals surface area contributed by atoms with Crippen molar-refractivity contribution >= 4 is 23.3 Å². The van der Waals surface area contributed by atoms with E-state index in [2.05, 4.69) is 10.2 Å². The molecule has 1 aromatic carbocycles. The molecule has 1 aromatic rings. The van der Waals surface area contributed by atoms with Gasteiger partial charge in [-0.05, 0) is 24.3 Å². The molecule has 1 atom stereocenters. The van der Waals surface area contributed by atoms with Gasteiger partial charge in [-0.15, -0.1) is 0 Å². The second-order valence-corrected chi connectivity index (χ2v) is 3.00. The van der Waals surface area contributed by atoms with E-state index in [1.807, 2.05) is 0 Å². The van der Waals surface area contributed by atoms with Crippen LogP contribution in [-0.2, 0) is 4.79 Å². The van der Waals surface area contributed by atoms with Gasteiger partial charge in [-0.25, -0.2) is 4.79 Å². The Hall–Kier alpha value is -1.93. The molecule has 0 aliphatic rings. The van der Waals surface area contributed by atoms with Crippen molar-refractivity contribution in [3.63, 3.8) is 0 Å². The van der Waals surface area contributed by atoms with Gasteiger partial charge in [0.05, 0.1) is 5.69 Å². The van der Waals surface area contributed by atoms with Gasteiger partial charge in [-0.1, -0.05) is 11.6 Å². The van der Waals surface area contributed by atoms with Gasteiger partial charge < -0.3 is 5.11 Å². The van der Waals surface area contributed by atoms with Crippen LogP contribution >= 0.6 is 11.6 Å². The molecule has 0 aliphatic carbocycles. The van der Waals surface area contributed by atoms with Gasteiger partial charge in [0.1, 0.15) is 6.07 Å². The van der Waals surface area contributed by atoms with E-state index in [0.29, 0.717) is 10.7 Å². The number of carboxylic acids is 1. The summed E-state index contributed by atoms with van der Waals surface area (Å²) < 4.78 is 0. The molecular weight excluding hydrogens is 218 g/mol. The van der Waals surface area contributed by atoms with Crippen LogP contribution in [0.2, 0.25) is 5.02 Å². The molecule has 0 heterocycles. The summed E-state index contributed by atoms with van der Waals surface area (Å²) in [6.45, 7) is 0. The zero-order valence-electron chi connectivity index (χ0n) is 7.46. The van der Waals surface area contributed by atoms with Gasteiger partial charge in [0, 0.05) is 5.02 Å². The summed E-state index contributed by atoms with van der Waals surface area (Å²) in [6, 6.07) is 6.36. The fourth-order valence-corrected chi connectivity index (χ4v) is 0.889. The van der Waals surface area contributed by atoms with Crippen molar-refractivity contribution < 1.29 is 9.90 Å². The first kappa shape index (κ1) is 11.1. The predicted molar refractivity (Wildman–Crippen MR) is 53.0 cm³/mol. The lowest BCUT2D eigenvalue weighted by atomic mass is 10.3. The van der Waals surface area contributed by atoms with E-state index in [-0.39, 0.29) is 0 Å². The molecule has 1 rings (SSSR count). The molecule has 15 heavy (non-hydrogen) atoms. The van der Waals surface area contributed by atoms with Crippen LogP contribution in [0, 0.1) is 11.3 Å². The molecule has 1 unspecified atom stereocenters. The molecule has 5 nitrogen and oxygen atoms in total. The highest BCUT2D eigenvalue weighted by atomic mass is 35.5. The topological polar surface area (TPSA) is 85.8 Å². The molecule has 0 spiro atoms. The van der Waals surface area contributed by atoms with Gasteiger partial charge in [0.15, 0.2) is 0 Å².